The molecule has 1 N–H and O–H groups in total. The number of nitrogens with one attached hydrogen (secondary N) is 1. The van der Waals surface area contributed by atoms with E-state index in [0.29, 0.717) is 46.6 Å². The Labute approximate surface area is 366 Å². The molecule has 1 unspecified atom stereocenters. The van der Waals surface area contributed by atoms with Crippen molar-refractivity contribution in [3.63, 3.8) is 0 Å². The standard InChI is InChI=1S/C44H56F2N6O8S2/c1-9-26-20-44(26,41(56)52(62(57)58)27-11-12-27)49-38(54)33-17-28(21-51(33)40(55)30(42(5,6)7)18-36(53)50-16-10-15-43(45,46)23-50)60-35-19-31(32-22-61-39(48-32)24(2)3)47-37-25(4)34(59-8)14-13-29(35)37/h9,13-14,19,22,24,26-28,30,33,62H,1,10-12,15-18,20-21,23H2,2-8H3,(H,49,54)/t26?,28-,30-,33+,44-/m1/s1. The maximum absolute atomic E-state index is 15.0. The molecule has 2 saturated carbocycles. The highest BCUT2D eigenvalue weighted by Crippen LogP contribution is 2.48. The number of amides is 4. The molecule has 4 amide bonds. The molecular weight excluding hydrogens is 843 g/mol. The fourth-order valence-electron chi connectivity index (χ4n) is 8.72. The number of thiazole rings is 1. The average Bonchev–Trinajstić information content (AvgIpc) is 4.06. The molecule has 62 heavy (non-hydrogen) atoms. The Morgan fingerprint density at radius 2 is 1.85 bits per heavy atom. The van der Waals surface area contributed by atoms with E-state index in [9.17, 15) is 36.4 Å². The van der Waals surface area contributed by atoms with Crippen LogP contribution in [-0.2, 0) is 30.1 Å². The minimum Gasteiger partial charge on any atom is -0.496 e. The number of hydrogen-bond acceptors (Lipinski definition) is 11. The van der Waals surface area contributed by atoms with Crippen LogP contribution >= 0.6 is 11.3 Å². The number of benzene rings is 1. The molecule has 4 aliphatic rings. The molecule has 2 aromatic heterocycles. The topological polar surface area (TPSA) is 168 Å². The number of fused-ring (bicyclic) bond motifs is 1. The second-order valence-corrected chi connectivity index (χ2v) is 20.3. The lowest BCUT2D eigenvalue weighted by molar-refractivity contribution is -0.151. The number of halogens is 2. The Hall–Kier alpha value is -4.71. The summed E-state index contributed by atoms with van der Waals surface area (Å²) in [6.45, 7) is 14.5. The maximum atomic E-state index is 15.0. The van der Waals surface area contributed by atoms with Gasteiger partial charge in [-0.25, -0.2) is 31.5 Å². The van der Waals surface area contributed by atoms with Gasteiger partial charge in [-0.3, -0.25) is 19.2 Å². The lowest BCUT2D eigenvalue weighted by Crippen LogP contribution is -2.57. The first-order valence-electron chi connectivity index (χ1n) is 21.2. The molecule has 2 saturated heterocycles. The van der Waals surface area contributed by atoms with Crippen LogP contribution in [0.1, 0.15) is 96.1 Å². The summed E-state index contributed by atoms with van der Waals surface area (Å²) in [4.78, 5) is 69.6. The van der Waals surface area contributed by atoms with Crippen molar-refractivity contribution in [3.05, 3.63) is 46.8 Å². The Morgan fingerprint density at radius 1 is 1.13 bits per heavy atom. The summed E-state index contributed by atoms with van der Waals surface area (Å²) in [5.74, 6) is -5.99. The number of aromatic nitrogens is 2. The third-order valence-electron chi connectivity index (χ3n) is 12.6. The Morgan fingerprint density at radius 3 is 2.44 bits per heavy atom. The second-order valence-electron chi connectivity index (χ2n) is 18.5. The number of carbonyl (C=O) groups is 4. The molecule has 7 rings (SSSR count). The SMILES string of the molecule is C=CC1C[C@]1(NC(=O)[C@@H]1C[C@@H](Oc2cc(-c3csc(C(C)C)n3)nc3c(C)c(OC)ccc23)CN1C(=O)[C@@H](CC(=O)N1CCCC(F)(F)C1)C(C)(C)C)C(=O)N(C1CC1)[SH](=O)=O. The van der Waals surface area contributed by atoms with Gasteiger partial charge in [0.25, 0.3) is 11.8 Å². The van der Waals surface area contributed by atoms with Crippen LogP contribution in [0.4, 0.5) is 8.78 Å². The highest BCUT2D eigenvalue weighted by Gasteiger charge is 2.63. The van der Waals surface area contributed by atoms with Gasteiger partial charge in [-0.2, -0.15) is 0 Å². The molecule has 1 aromatic carbocycles. The van der Waals surface area contributed by atoms with E-state index in [4.69, 9.17) is 19.4 Å². The van der Waals surface area contributed by atoms with Crippen molar-refractivity contribution >= 4 is 56.8 Å². The number of carbonyl (C=O) groups excluding carboxylic acids is 4. The van der Waals surface area contributed by atoms with Gasteiger partial charge in [-0.1, -0.05) is 40.7 Å². The van der Waals surface area contributed by atoms with Gasteiger partial charge in [0.2, 0.25) is 28.6 Å². The summed E-state index contributed by atoms with van der Waals surface area (Å²) >= 11 is 1.52. The van der Waals surface area contributed by atoms with Gasteiger partial charge in [0.15, 0.2) is 0 Å². The van der Waals surface area contributed by atoms with Crippen LogP contribution in [0, 0.1) is 24.2 Å². The molecule has 336 valence electrons. The largest absolute Gasteiger partial charge is 0.496 e. The number of alkyl halides is 2. The van der Waals surface area contributed by atoms with Gasteiger partial charge >= 0.3 is 0 Å². The van der Waals surface area contributed by atoms with Crippen molar-refractivity contribution in [2.24, 2.45) is 17.3 Å². The van der Waals surface area contributed by atoms with Crippen LogP contribution < -0.4 is 14.8 Å². The highest BCUT2D eigenvalue weighted by atomic mass is 32.2. The molecule has 2 aliphatic heterocycles. The summed E-state index contributed by atoms with van der Waals surface area (Å²) in [5.41, 5.74) is 0.117. The number of aryl methyl sites for hydroxylation is 1. The first kappa shape index (κ1) is 45.3. The summed E-state index contributed by atoms with van der Waals surface area (Å²) in [5, 5.41) is 6.37. The minimum atomic E-state index is -3.29. The van der Waals surface area contributed by atoms with Gasteiger partial charge in [0.05, 0.1) is 48.0 Å². The predicted molar refractivity (Wildman–Crippen MR) is 230 cm³/mol. The molecular formula is C44H56F2N6O8S2. The zero-order valence-corrected chi connectivity index (χ0v) is 38.0. The number of nitrogens with zero attached hydrogens (tertiary/aromatic N) is 5. The number of methoxy groups -OCH3 is 1. The zero-order chi connectivity index (χ0) is 45.1. The van der Waals surface area contributed by atoms with Gasteiger partial charge in [-0.15, -0.1) is 17.9 Å². The van der Waals surface area contributed by atoms with E-state index in [-0.39, 0.29) is 51.1 Å². The third kappa shape index (κ3) is 9.04. The van der Waals surface area contributed by atoms with Crippen molar-refractivity contribution in [2.45, 2.75) is 122 Å². The fraction of sp³-hybridized carbons (Fsp3) is 0.591. The normalized spacial score (nSPS) is 24.0. The first-order valence-corrected chi connectivity index (χ1v) is 23.2. The lowest BCUT2D eigenvalue weighted by atomic mass is 9.77. The molecule has 18 heteroatoms. The van der Waals surface area contributed by atoms with Crippen molar-refractivity contribution in [1.29, 1.82) is 0 Å². The zero-order valence-electron chi connectivity index (χ0n) is 36.2. The Balaban J connectivity index is 1.25. The van der Waals surface area contributed by atoms with Gasteiger partial charge in [-0.05, 0) is 50.2 Å². The average molecular weight is 899 g/mol. The quantitative estimate of drug-likeness (QED) is 0.144. The molecule has 0 radical (unpaired) electrons. The van der Waals surface area contributed by atoms with Crippen molar-refractivity contribution in [1.82, 2.24) is 29.4 Å². The maximum Gasteiger partial charge on any atom is 0.265 e. The number of hydrogen-bond donors (Lipinski definition) is 2. The number of piperidine rings is 1. The van der Waals surface area contributed by atoms with E-state index < -0.39 is 88.0 Å². The van der Waals surface area contributed by atoms with Crippen LogP contribution in [0.5, 0.6) is 11.5 Å². The minimum absolute atomic E-state index is 0.0333. The van der Waals surface area contributed by atoms with E-state index in [0.717, 1.165) is 19.8 Å². The van der Waals surface area contributed by atoms with Gasteiger partial charge in [0, 0.05) is 66.1 Å². The van der Waals surface area contributed by atoms with Gasteiger partial charge in [0.1, 0.15) is 29.2 Å². The molecule has 0 spiro atoms. The summed E-state index contributed by atoms with van der Waals surface area (Å²) in [7, 11) is -1.72. The molecule has 5 atom stereocenters. The van der Waals surface area contributed by atoms with Crippen LogP contribution in [0.25, 0.3) is 22.3 Å². The third-order valence-corrected chi connectivity index (χ3v) is 14.6. The molecule has 2 aliphatic carbocycles. The highest BCUT2D eigenvalue weighted by molar-refractivity contribution is 7.70. The number of thiol groups is 1. The summed E-state index contributed by atoms with van der Waals surface area (Å²) < 4.78 is 66.8. The fourth-order valence-corrected chi connectivity index (χ4v) is 10.4. The van der Waals surface area contributed by atoms with Crippen molar-refractivity contribution in [3.8, 4) is 22.9 Å². The number of rotatable bonds is 14. The molecule has 4 fully saturated rings. The summed E-state index contributed by atoms with van der Waals surface area (Å²) in [6.07, 6.45) is 1.27. The van der Waals surface area contributed by atoms with E-state index >= 15 is 0 Å². The van der Waals surface area contributed by atoms with Crippen LogP contribution in [0.3, 0.4) is 0 Å². The molecule has 3 aromatic rings. The van der Waals surface area contributed by atoms with Crippen LogP contribution in [-0.4, -0.2) is 113 Å². The Kier molecular flexibility index (Phi) is 12.5. The van der Waals surface area contributed by atoms with Crippen molar-refractivity contribution < 1.29 is 45.9 Å². The van der Waals surface area contributed by atoms with Crippen LogP contribution in [0.2, 0.25) is 0 Å². The van der Waals surface area contributed by atoms with Crippen molar-refractivity contribution in [2.75, 3.05) is 26.7 Å². The smallest absolute Gasteiger partial charge is 0.265 e. The number of ether oxygens (including phenoxy) is 2. The number of likely N-dealkylation sites (tertiary alicyclic amines) is 2. The van der Waals surface area contributed by atoms with E-state index in [2.05, 4.69) is 25.7 Å². The first-order chi connectivity index (χ1) is 29.2. The van der Waals surface area contributed by atoms with E-state index in [1.54, 1.807) is 40.0 Å². The van der Waals surface area contributed by atoms with Gasteiger partial charge < -0.3 is 24.6 Å². The lowest BCUT2D eigenvalue weighted by Gasteiger charge is -2.37. The molecule has 0 bridgehead atoms. The monoisotopic (exact) mass is 898 g/mol. The van der Waals surface area contributed by atoms with E-state index in [1.165, 1.54) is 22.3 Å². The predicted octanol–water partition coefficient (Wildman–Crippen LogP) is 6.04. The van der Waals surface area contributed by atoms with Crippen LogP contribution in [0.15, 0.2) is 36.2 Å². The second kappa shape index (κ2) is 17.1. The molecule has 4 heterocycles. The summed E-state index contributed by atoms with van der Waals surface area (Å²) in [6, 6.07) is 3.70. The van der Waals surface area contributed by atoms with E-state index in [1.807, 2.05) is 18.4 Å². The Bertz CT molecular complexity index is 2350. The number of pyridine rings is 1. The molecule has 14 nitrogen and oxygen atoms in total.